The molecule has 0 saturated carbocycles. The molecular weight excluding hydrogens is 909 g/mol. The molecule has 0 unspecified atom stereocenters. The van der Waals surface area contributed by atoms with Crippen molar-refractivity contribution in [3.63, 3.8) is 0 Å². The third-order valence-corrected chi connectivity index (χ3v) is 15.0. The standard InChI is InChI=1S/C71H56N4/c1-41-19-42(2)25-55(24-41)51-11-15-60-61-16-12-52(56-26-43(3)20-44(4)27-56)35-67(61)74(66(60)34-51)70-39-65(73-10)71(38-64(70)59-32-49(9)23-50(33-59)40-72)75-68-36-53(57-28-45(5)21-46(6)29-57)13-17-62(68)63-18-14-54(37-69(63)75)58-30-47(7)22-48(8)31-58/h11-39H,1-9H3. The van der Waals surface area contributed by atoms with Crippen molar-refractivity contribution >= 4 is 49.3 Å². The van der Waals surface area contributed by atoms with Crippen LogP contribution in [0.4, 0.5) is 5.69 Å². The number of benzene rings is 10. The van der Waals surface area contributed by atoms with Gasteiger partial charge in [0.2, 0.25) is 5.69 Å². The lowest BCUT2D eigenvalue weighted by Crippen LogP contribution is -2.02. The van der Waals surface area contributed by atoms with Crippen LogP contribution >= 0.6 is 0 Å². The van der Waals surface area contributed by atoms with Crippen molar-refractivity contribution in [3.8, 4) is 73.1 Å². The van der Waals surface area contributed by atoms with Crippen molar-refractivity contribution < 1.29 is 0 Å². The van der Waals surface area contributed by atoms with Crippen molar-refractivity contribution in [1.82, 2.24) is 9.13 Å². The van der Waals surface area contributed by atoms with E-state index in [2.05, 4.69) is 246 Å². The zero-order chi connectivity index (χ0) is 52.0. The Morgan fingerprint density at radius 3 is 0.947 bits per heavy atom. The summed E-state index contributed by atoms with van der Waals surface area (Å²) in [7, 11) is 0. The Labute approximate surface area is 439 Å². The fraction of sp³-hybridized carbons (Fsp3) is 0.127. The lowest BCUT2D eigenvalue weighted by Gasteiger charge is -2.20. The molecule has 0 bridgehead atoms. The van der Waals surface area contributed by atoms with Crippen molar-refractivity contribution in [1.29, 1.82) is 5.26 Å². The number of nitrogens with zero attached hydrogens (tertiary/aromatic N) is 4. The molecule has 0 aliphatic rings. The smallest absolute Gasteiger partial charge is 0.212 e. The minimum atomic E-state index is 0.514. The van der Waals surface area contributed by atoms with Gasteiger partial charge in [0.05, 0.1) is 46.0 Å². The number of nitriles is 1. The summed E-state index contributed by atoms with van der Waals surface area (Å²) >= 11 is 0. The maximum atomic E-state index is 10.6. The Balaban J connectivity index is 1.22. The Bertz CT molecular complexity index is 4180. The maximum absolute atomic E-state index is 10.6. The molecule has 0 radical (unpaired) electrons. The van der Waals surface area contributed by atoms with E-state index in [1.165, 1.54) is 44.5 Å². The molecule has 360 valence electrons. The first-order chi connectivity index (χ1) is 36.2. The van der Waals surface area contributed by atoms with Crippen molar-refractivity contribution in [2.24, 2.45) is 0 Å². The second-order valence-corrected chi connectivity index (χ2v) is 21.3. The molecule has 12 rings (SSSR count). The minimum Gasteiger partial charge on any atom is -0.319 e. The van der Waals surface area contributed by atoms with E-state index in [4.69, 9.17) is 0 Å². The highest BCUT2D eigenvalue weighted by Gasteiger charge is 2.24. The van der Waals surface area contributed by atoms with Crippen LogP contribution in [-0.4, -0.2) is 9.13 Å². The molecule has 2 aromatic heterocycles. The van der Waals surface area contributed by atoms with Crippen LogP contribution in [0.1, 0.15) is 55.6 Å². The number of fused-ring (bicyclic) bond motifs is 6. The molecule has 4 heteroatoms. The van der Waals surface area contributed by atoms with Crippen LogP contribution in [0.5, 0.6) is 0 Å². The molecule has 0 aliphatic carbocycles. The molecule has 0 atom stereocenters. The molecule has 10 aromatic carbocycles. The molecule has 0 amide bonds. The number of aromatic nitrogens is 2. The van der Waals surface area contributed by atoms with Gasteiger partial charge in [0.15, 0.2) is 0 Å². The molecule has 0 fully saturated rings. The number of aryl methyl sites for hydroxylation is 9. The van der Waals surface area contributed by atoms with E-state index in [0.29, 0.717) is 11.3 Å². The van der Waals surface area contributed by atoms with Crippen LogP contribution in [0.25, 0.3) is 115 Å². The van der Waals surface area contributed by atoms with Gasteiger partial charge in [0, 0.05) is 32.8 Å². The molecule has 12 aromatic rings. The van der Waals surface area contributed by atoms with Crippen LogP contribution < -0.4 is 0 Å². The summed E-state index contributed by atoms with van der Waals surface area (Å²) in [4.78, 5) is 4.50. The second kappa shape index (κ2) is 18.1. The van der Waals surface area contributed by atoms with E-state index in [1.54, 1.807) is 0 Å². The highest BCUT2D eigenvalue weighted by atomic mass is 15.0. The summed E-state index contributed by atoms with van der Waals surface area (Å²) in [6, 6.07) is 67.1. The quantitative estimate of drug-likeness (QED) is 0.147. The van der Waals surface area contributed by atoms with Gasteiger partial charge in [0.25, 0.3) is 0 Å². The highest BCUT2D eigenvalue weighted by Crippen LogP contribution is 2.46. The third kappa shape index (κ3) is 8.36. The molecule has 0 aliphatic heterocycles. The second-order valence-electron chi connectivity index (χ2n) is 21.3. The summed E-state index contributed by atoms with van der Waals surface area (Å²) in [5.74, 6) is 0. The van der Waals surface area contributed by atoms with Crippen molar-refractivity contribution in [2.75, 3.05) is 0 Å². The maximum Gasteiger partial charge on any atom is 0.212 e. The van der Waals surface area contributed by atoms with Crippen LogP contribution in [0.3, 0.4) is 0 Å². The number of hydrogen-bond donors (Lipinski definition) is 0. The Hall–Kier alpha value is -9.22. The Morgan fingerprint density at radius 1 is 0.320 bits per heavy atom. The fourth-order valence-electron chi connectivity index (χ4n) is 12.1. The van der Waals surface area contributed by atoms with Gasteiger partial charge in [-0.2, -0.15) is 5.26 Å². The van der Waals surface area contributed by atoms with Gasteiger partial charge in [-0.3, -0.25) is 0 Å². The first kappa shape index (κ1) is 46.8. The van der Waals surface area contributed by atoms with E-state index < -0.39 is 0 Å². The van der Waals surface area contributed by atoms with Gasteiger partial charge in [-0.15, -0.1) is 0 Å². The highest BCUT2D eigenvalue weighted by molar-refractivity contribution is 6.14. The summed E-state index contributed by atoms with van der Waals surface area (Å²) < 4.78 is 4.71. The van der Waals surface area contributed by atoms with Gasteiger partial charge >= 0.3 is 0 Å². The van der Waals surface area contributed by atoms with Crippen LogP contribution in [-0.2, 0) is 0 Å². The lowest BCUT2D eigenvalue weighted by molar-refractivity contribution is 1.15. The van der Waals surface area contributed by atoms with Crippen LogP contribution in [0, 0.1) is 80.2 Å². The molecule has 2 heterocycles. The van der Waals surface area contributed by atoms with E-state index in [9.17, 15) is 11.8 Å². The van der Waals surface area contributed by atoms with E-state index in [0.717, 1.165) is 116 Å². The summed E-state index contributed by atoms with van der Waals surface area (Å²) in [6.07, 6.45) is 0. The number of hydrogen-bond acceptors (Lipinski definition) is 1. The fourth-order valence-corrected chi connectivity index (χ4v) is 12.1. The molecule has 0 spiro atoms. The normalized spacial score (nSPS) is 11.5. The summed E-state index contributed by atoms with van der Waals surface area (Å²) in [5, 5.41) is 15.0. The average molecular weight is 965 g/mol. The van der Waals surface area contributed by atoms with E-state index in [-0.39, 0.29) is 0 Å². The van der Waals surface area contributed by atoms with Gasteiger partial charge in [0.1, 0.15) is 0 Å². The van der Waals surface area contributed by atoms with Gasteiger partial charge in [-0.1, -0.05) is 172 Å². The average Bonchev–Trinajstić information content (AvgIpc) is 3.88. The predicted molar refractivity (Wildman–Crippen MR) is 316 cm³/mol. The largest absolute Gasteiger partial charge is 0.319 e. The monoisotopic (exact) mass is 964 g/mol. The minimum absolute atomic E-state index is 0.514. The first-order valence-electron chi connectivity index (χ1n) is 25.8. The molecule has 75 heavy (non-hydrogen) atoms. The molecular formula is C71H56N4. The SMILES string of the molecule is [C-]#[N+]c1cc(-n2c3cc(-c4cc(C)cc(C)c4)ccc3c3ccc(-c4cc(C)cc(C)c4)cc32)c(-c2cc(C)cc(C#N)c2)cc1-n1c2cc(-c3cc(C)cc(C)c3)ccc2c2ccc(-c3cc(C)cc(C)c3)cc21. The zero-order valence-corrected chi connectivity index (χ0v) is 44.0. The predicted octanol–water partition coefficient (Wildman–Crippen LogP) is 19.4. The van der Waals surface area contributed by atoms with E-state index >= 15 is 0 Å². The van der Waals surface area contributed by atoms with Crippen molar-refractivity contribution in [2.45, 2.75) is 62.3 Å². The lowest BCUT2D eigenvalue weighted by atomic mass is 9.97. The van der Waals surface area contributed by atoms with Gasteiger partial charge < -0.3 is 9.13 Å². The third-order valence-electron chi connectivity index (χ3n) is 15.0. The molecule has 4 nitrogen and oxygen atoms in total. The Kier molecular flexibility index (Phi) is 11.3. The summed E-state index contributed by atoms with van der Waals surface area (Å²) in [5.41, 5.74) is 28.4. The van der Waals surface area contributed by atoms with Crippen LogP contribution in [0.2, 0.25) is 0 Å². The van der Waals surface area contributed by atoms with Crippen molar-refractivity contribution in [3.05, 3.63) is 243 Å². The van der Waals surface area contributed by atoms with E-state index in [1.807, 2.05) is 12.1 Å². The van der Waals surface area contributed by atoms with Gasteiger partial charge in [-0.05, 0) is 166 Å². The molecule has 0 saturated heterocycles. The Morgan fingerprint density at radius 2 is 0.627 bits per heavy atom. The zero-order valence-electron chi connectivity index (χ0n) is 44.0. The topological polar surface area (TPSA) is 38.0 Å². The number of rotatable bonds is 7. The summed E-state index contributed by atoms with van der Waals surface area (Å²) in [6.45, 7) is 28.5. The molecule has 0 N–H and O–H groups in total. The first-order valence-corrected chi connectivity index (χ1v) is 25.8. The van der Waals surface area contributed by atoms with Crippen LogP contribution in [0.15, 0.2) is 176 Å². The van der Waals surface area contributed by atoms with Gasteiger partial charge in [-0.25, -0.2) is 4.85 Å².